The lowest BCUT2D eigenvalue weighted by Crippen LogP contribution is -2.43. The number of aromatic hydroxyl groups is 1. The molecule has 2 N–H and O–H groups in total. The van der Waals surface area contributed by atoms with Crippen molar-refractivity contribution < 1.29 is 24.2 Å². The fourth-order valence-corrected chi connectivity index (χ4v) is 7.04. The van der Waals surface area contributed by atoms with Gasteiger partial charge in [0.25, 0.3) is 0 Å². The zero-order chi connectivity index (χ0) is 21.7. The van der Waals surface area contributed by atoms with Crippen LogP contribution in [0.25, 0.3) is 0 Å². The fraction of sp³-hybridized carbons (Fsp3) is 0.400. The Balaban J connectivity index is 1.59. The summed E-state index contributed by atoms with van der Waals surface area (Å²) in [5.74, 6) is -2.42. The van der Waals surface area contributed by atoms with Crippen LogP contribution in [-0.2, 0) is 25.7 Å². The number of ether oxygens (including phenoxy) is 1. The van der Waals surface area contributed by atoms with Crippen molar-refractivity contribution in [3.63, 3.8) is 0 Å². The predicted molar refractivity (Wildman–Crippen MR) is 112 cm³/mol. The van der Waals surface area contributed by atoms with Crippen LogP contribution in [0.1, 0.15) is 16.4 Å². The monoisotopic (exact) mass is 461 g/mol. The second-order valence-electron chi connectivity index (χ2n) is 7.57. The number of nitrogens with zero attached hydrogens (tertiary/aromatic N) is 2. The minimum atomic E-state index is -0.736. The van der Waals surface area contributed by atoms with E-state index < -0.39 is 28.9 Å². The Morgan fingerprint density at radius 2 is 1.90 bits per heavy atom. The molecule has 31 heavy (non-hydrogen) atoms. The normalized spacial score (nSPS) is 25.2. The van der Waals surface area contributed by atoms with E-state index in [2.05, 4.69) is 5.32 Å². The molecular weight excluding hydrogens is 442 g/mol. The Hall–Kier alpha value is -2.63. The van der Waals surface area contributed by atoms with Gasteiger partial charge in [0.2, 0.25) is 17.7 Å². The van der Waals surface area contributed by atoms with Crippen molar-refractivity contribution in [2.24, 2.45) is 5.92 Å². The second kappa shape index (κ2) is 7.81. The second-order valence-corrected chi connectivity index (χ2v) is 9.69. The summed E-state index contributed by atoms with van der Waals surface area (Å²) in [6.45, 7) is 1.71. The first kappa shape index (κ1) is 20.3. The maximum Gasteiger partial charge on any atom is 0.308 e. The highest BCUT2D eigenvalue weighted by Gasteiger charge is 2.53. The molecule has 2 saturated heterocycles. The summed E-state index contributed by atoms with van der Waals surface area (Å²) >= 11 is 2.10. The zero-order valence-electron chi connectivity index (χ0n) is 16.3. The van der Waals surface area contributed by atoms with Crippen molar-refractivity contribution in [2.45, 2.75) is 22.7 Å². The topological polar surface area (TPSA) is 118 Å². The van der Waals surface area contributed by atoms with Crippen LogP contribution < -0.4 is 10.2 Å². The number of morpholine rings is 1. The lowest BCUT2D eigenvalue weighted by atomic mass is 9.82. The molecule has 162 valence electrons. The summed E-state index contributed by atoms with van der Waals surface area (Å²) in [4.78, 5) is 52.7. The Kier molecular flexibility index (Phi) is 5.11. The molecule has 0 spiro atoms. The SMILES string of the molecule is O=C1NC(=O)C2C1Sc1c(sc(=O)n1CC(=O)N1CCOCC1)C2c1ccccc1O. The first-order valence-corrected chi connectivity index (χ1v) is 11.5. The van der Waals surface area contributed by atoms with Gasteiger partial charge in [-0.2, -0.15) is 0 Å². The highest BCUT2D eigenvalue weighted by Crippen LogP contribution is 2.52. The standard InChI is InChI=1S/C20H19N3O6S2/c24-11-4-2-1-3-10(11)13-14-15(18(27)21-17(14)26)30-19-16(13)31-20(28)23(19)9-12(25)22-5-7-29-8-6-22/h1-4,13-15,24H,5-9H2,(H,21,26,27). The smallest absolute Gasteiger partial charge is 0.308 e. The van der Waals surface area contributed by atoms with Crippen LogP contribution in [0.4, 0.5) is 0 Å². The minimum Gasteiger partial charge on any atom is -0.508 e. The van der Waals surface area contributed by atoms with Gasteiger partial charge in [-0.25, -0.2) is 0 Å². The minimum absolute atomic E-state index is 0.00644. The summed E-state index contributed by atoms with van der Waals surface area (Å²) in [5, 5.41) is 12.6. The summed E-state index contributed by atoms with van der Waals surface area (Å²) < 4.78 is 6.67. The maximum atomic E-state index is 12.9. The van der Waals surface area contributed by atoms with Crippen LogP contribution in [-0.4, -0.2) is 63.8 Å². The molecule has 3 aliphatic rings. The van der Waals surface area contributed by atoms with Crippen molar-refractivity contribution in [3.05, 3.63) is 44.4 Å². The number of hydrogen-bond acceptors (Lipinski definition) is 8. The van der Waals surface area contributed by atoms with Gasteiger partial charge >= 0.3 is 4.87 Å². The van der Waals surface area contributed by atoms with Gasteiger partial charge < -0.3 is 14.7 Å². The lowest BCUT2D eigenvalue weighted by Gasteiger charge is -2.31. The molecule has 0 radical (unpaired) electrons. The van der Waals surface area contributed by atoms with Crippen LogP contribution >= 0.6 is 23.1 Å². The van der Waals surface area contributed by atoms with Gasteiger partial charge in [-0.05, 0) is 6.07 Å². The fourth-order valence-electron chi connectivity index (χ4n) is 4.31. The predicted octanol–water partition coefficient (Wildman–Crippen LogP) is 0.353. The molecule has 2 fully saturated rings. The molecular formula is C20H19N3O6S2. The van der Waals surface area contributed by atoms with Crippen LogP contribution in [0.2, 0.25) is 0 Å². The number of phenolic OH excluding ortho intramolecular Hbond substituents is 1. The van der Waals surface area contributed by atoms with Gasteiger partial charge in [0, 0.05) is 29.4 Å². The van der Waals surface area contributed by atoms with E-state index in [-0.39, 0.29) is 23.1 Å². The molecule has 2 aromatic rings. The van der Waals surface area contributed by atoms with Crippen LogP contribution in [0.15, 0.2) is 34.1 Å². The molecule has 9 nitrogen and oxygen atoms in total. The van der Waals surface area contributed by atoms with Gasteiger partial charge in [0.15, 0.2) is 0 Å². The molecule has 0 bridgehead atoms. The molecule has 0 saturated carbocycles. The maximum absolute atomic E-state index is 12.9. The Bertz CT molecular complexity index is 1140. The number of nitrogens with one attached hydrogen (secondary N) is 1. The molecule has 11 heteroatoms. The van der Waals surface area contributed by atoms with Crippen LogP contribution in [0, 0.1) is 5.92 Å². The van der Waals surface area contributed by atoms with Gasteiger partial charge in [-0.1, -0.05) is 41.3 Å². The number of amides is 3. The number of imide groups is 1. The third-order valence-corrected chi connectivity index (χ3v) is 8.43. The molecule has 1 aromatic heterocycles. The molecule has 0 aliphatic carbocycles. The summed E-state index contributed by atoms with van der Waals surface area (Å²) in [6, 6.07) is 6.62. The summed E-state index contributed by atoms with van der Waals surface area (Å²) in [7, 11) is 0. The van der Waals surface area contributed by atoms with E-state index >= 15 is 0 Å². The third kappa shape index (κ3) is 3.36. The number of thioether (sulfide) groups is 1. The van der Waals surface area contributed by atoms with Crippen molar-refractivity contribution in [3.8, 4) is 5.75 Å². The van der Waals surface area contributed by atoms with Crippen LogP contribution in [0.3, 0.4) is 0 Å². The highest BCUT2D eigenvalue weighted by atomic mass is 32.2. The van der Waals surface area contributed by atoms with Crippen molar-refractivity contribution in [1.29, 1.82) is 0 Å². The molecule has 3 atom stereocenters. The number of thiazole rings is 1. The molecule has 4 heterocycles. The number of para-hydroxylation sites is 1. The van der Waals surface area contributed by atoms with E-state index in [1.165, 1.54) is 10.6 Å². The third-order valence-electron chi connectivity index (χ3n) is 5.82. The Morgan fingerprint density at radius 1 is 1.16 bits per heavy atom. The number of carbonyl (C=O) groups excluding carboxylic acids is 3. The Morgan fingerprint density at radius 3 is 2.65 bits per heavy atom. The number of hydrogen-bond donors (Lipinski definition) is 2. The van der Waals surface area contributed by atoms with Crippen molar-refractivity contribution in [2.75, 3.05) is 26.3 Å². The van der Waals surface area contributed by atoms with Gasteiger partial charge in [0.05, 0.1) is 24.2 Å². The number of benzene rings is 1. The highest BCUT2D eigenvalue weighted by molar-refractivity contribution is 8.00. The van der Waals surface area contributed by atoms with E-state index in [1.54, 1.807) is 23.1 Å². The Labute approximate surface area is 185 Å². The molecule has 3 aliphatic heterocycles. The summed E-state index contributed by atoms with van der Waals surface area (Å²) in [5.41, 5.74) is 0.483. The molecule has 3 amide bonds. The number of phenols is 1. The average molecular weight is 462 g/mol. The zero-order valence-corrected chi connectivity index (χ0v) is 17.9. The van der Waals surface area contributed by atoms with Crippen LogP contribution in [0.5, 0.6) is 5.75 Å². The average Bonchev–Trinajstić information content (AvgIpc) is 3.23. The van der Waals surface area contributed by atoms with Gasteiger partial charge in [-0.3, -0.25) is 29.1 Å². The number of aromatic nitrogens is 1. The quantitative estimate of drug-likeness (QED) is 0.634. The lowest BCUT2D eigenvalue weighted by molar-refractivity contribution is -0.136. The van der Waals surface area contributed by atoms with Crippen molar-refractivity contribution >= 4 is 40.8 Å². The van der Waals surface area contributed by atoms with E-state index in [9.17, 15) is 24.3 Å². The van der Waals surface area contributed by atoms with E-state index in [0.29, 0.717) is 41.8 Å². The van der Waals surface area contributed by atoms with Crippen molar-refractivity contribution in [1.82, 2.24) is 14.8 Å². The molecule has 5 rings (SSSR count). The van der Waals surface area contributed by atoms with E-state index in [0.717, 1.165) is 23.1 Å². The number of fused-ring (bicyclic) bond motifs is 2. The van der Waals surface area contributed by atoms with E-state index in [4.69, 9.17) is 4.74 Å². The number of carbonyl (C=O) groups is 3. The summed E-state index contributed by atoms with van der Waals surface area (Å²) in [6.07, 6.45) is 0. The molecule has 1 aromatic carbocycles. The van der Waals surface area contributed by atoms with E-state index in [1.807, 2.05) is 0 Å². The number of rotatable bonds is 3. The largest absolute Gasteiger partial charge is 0.508 e. The first-order chi connectivity index (χ1) is 15.0. The first-order valence-electron chi connectivity index (χ1n) is 9.84. The van der Waals surface area contributed by atoms with Gasteiger partial charge in [0.1, 0.15) is 17.5 Å². The molecule has 3 unspecified atom stereocenters. The van der Waals surface area contributed by atoms with Gasteiger partial charge in [-0.15, -0.1) is 0 Å².